The number of anilines is 1. The summed E-state index contributed by atoms with van der Waals surface area (Å²) in [5.74, 6) is 3.26. The molecule has 88 valence electrons. The van der Waals surface area contributed by atoms with Crippen LogP contribution in [0.3, 0.4) is 0 Å². The number of hydrogen-bond donors (Lipinski definition) is 0. The predicted octanol–water partition coefficient (Wildman–Crippen LogP) is 2.57. The molecule has 3 heteroatoms. The topological polar surface area (TPSA) is 39.9 Å². The van der Waals surface area contributed by atoms with Crippen LogP contribution in [0.25, 0.3) is 10.9 Å². The summed E-state index contributed by atoms with van der Waals surface area (Å²) < 4.78 is 0. The first-order valence-electron chi connectivity index (χ1n) is 5.78. The smallest absolute Gasteiger partial charge is 0.148 e. The maximum atomic E-state index is 9.22. The molecule has 0 fully saturated rings. The fraction of sp³-hybridized carbons (Fsp3) is 0.200. The first-order valence-corrected chi connectivity index (χ1v) is 5.78. The monoisotopic (exact) mass is 235 g/mol. The number of hydrogen-bond acceptors (Lipinski definition) is 3. The highest BCUT2D eigenvalue weighted by molar-refractivity contribution is 5.83. The lowest BCUT2D eigenvalue weighted by Crippen LogP contribution is -2.24. The van der Waals surface area contributed by atoms with Crippen molar-refractivity contribution >= 4 is 16.7 Å². The highest BCUT2D eigenvalue weighted by Crippen LogP contribution is 2.22. The molecule has 0 N–H and O–H groups in total. The Bertz CT molecular complexity index is 647. The lowest BCUT2D eigenvalue weighted by atomic mass is 10.1. The molecule has 0 amide bonds. The van der Waals surface area contributed by atoms with Gasteiger partial charge in [0.1, 0.15) is 11.9 Å². The molecule has 0 unspecified atom stereocenters. The van der Waals surface area contributed by atoms with Gasteiger partial charge >= 0.3 is 0 Å². The lowest BCUT2D eigenvalue weighted by molar-refractivity contribution is 0.895. The van der Waals surface area contributed by atoms with Gasteiger partial charge in [0.25, 0.3) is 0 Å². The van der Waals surface area contributed by atoms with Crippen molar-refractivity contribution in [3.63, 3.8) is 0 Å². The summed E-state index contributed by atoms with van der Waals surface area (Å²) >= 11 is 0. The van der Waals surface area contributed by atoms with Crippen molar-refractivity contribution in [3.8, 4) is 18.4 Å². The molecule has 1 aromatic carbocycles. The summed E-state index contributed by atoms with van der Waals surface area (Å²) in [6, 6.07) is 11.8. The van der Waals surface area contributed by atoms with Crippen molar-refractivity contribution in [2.45, 2.75) is 6.92 Å². The van der Waals surface area contributed by atoms with Crippen molar-refractivity contribution < 1.29 is 0 Å². The lowest BCUT2D eigenvalue weighted by Gasteiger charge is -2.20. The largest absolute Gasteiger partial charge is 0.345 e. The number of pyridine rings is 1. The van der Waals surface area contributed by atoms with Gasteiger partial charge in [-0.15, -0.1) is 6.42 Å². The van der Waals surface area contributed by atoms with Crippen LogP contribution < -0.4 is 4.90 Å². The molecule has 0 spiro atoms. The van der Waals surface area contributed by atoms with Gasteiger partial charge in [0.15, 0.2) is 0 Å². The van der Waals surface area contributed by atoms with E-state index < -0.39 is 0 Å². The molecule has 1 heterocycles. The van der Waals surface area contributed by atoms with Crippen molar-refractivity contribution in [3.05, 3.63) is 35.9 Å². The average molecular weight is 235 g/mol. The van der Waals surface area contributed by atoms with Gasteiger partial charge in [0.2, 0.25) is 0 Å². The molecule has 2 rings (SSSR count). The van der Waals surface area contributed by atoms with E-state index in [0.717, 1.165) is 17.4 Å². The molecule has 0 aliphatic heterocycles. The minimum absolute atomic E-state index is 0.455. The standard InChI is InChI=1S/C15H13N3/c1-3-9-18(4-2)15-13(11-16)10-12-7-5-6-8-14(12)17-15/h1,5-8,10H,4,9H2,2H3. The van der Waals surface area contributed by atoms with Crippen molar-refractivity contribution in [1.82, 2.24) is 4.98 Å². The second-order valence-corrected chi connectivity index (χ2v) is 3.88. The van der Waals surface area contributed by atoms with E-state index in [9.17, 15) is 5.26 Å². The number of terminal acetylenes is 1. The highest BCUT2D eigenvalue weighted by atomic mass is 15.2. The predicted molar refractivity (Wildman–Crippen MR) is 73.2 cm³/mol. The van der Waals surface area contributed by atoms with Crippen molar-refractivity contribution in [1.29, 1.82) is 5.26 Å². The van der Waals surface area contributed by atoms with Crippen LogP contribution in [0.1, 0.15) is 12.5 Å². The molecule has 0 saturated carbocycles. The third-order valence-electron chi connectivity index (χ3n) is 2.79. The van der Waals surface area contributed by atoms with Gasteiger partial charge in [-0.3, -0.25) is 0 Å². The van der Waals surface area contributed by atoms with Crippen LogP contribution in [-0.4, -0.2) is 18.1 Å². The van der Waals surface area contributed by atoms with E-state index in [0.29, 0.717) is 17.9 Å². The number of rotatable bonds is 3. The Morgan fingerprint density at radius 1 is 1.39 bits per heavy atom. The van der Waals surface area contributed by atoms with Crippen LogP contribution in [0, 0.1) is 23.7 Å². The number of benzene rings is 1. The Balaban J connectivity index is 2.62. The maximum absolute atomic E-state index is 9.22. The van der Waals surface area contributed by atoms with E-state index >= 15 is 0 Å². The second kappa shape index (κ2) is 5.21. The van der Waals surface area contributed by atoms with Gasteiger partial charge in [-0.1, -0.05) is 24.1 Å². The quantitative estimate of drug-likeness (QED) is 0.768. The van der Waals surface area contributed by atoms with Crippen LogP contribution in [0.15, 0.2) is 30.3 Å². The number of aromatic nitrogens is 1. The van der Waals surface area contributed by atoms with Crippen molar-refractivity contribution in [2.24, 2.45) is 0 Å². The first kappa shape index (κ1) is 12.0. The Morgan fingerprint density at radius 2 is 2.17 bits per heavy atom. The molecule has 0 radical (unpaired) electrons. The van der Waals surface area contributed by atoms with E-state index in [-0.39, 0.29) is 0 Å². The minimum atomic E-state index is 0.455. The summed E-state index contributed by atoms with van der Waals surface area (Å²) in [5.41, 5.74) is 1.44. The fourth-order valence-corrected chi connectivity index (χ4v) is 1.88. The van der Waals surface area contributed by atoms with Crippen LogP contribution in [0.2, 0.25) is 0 Å². The summed E-state index contributed by atoms with van der Waals surface area (Å²) in [6.07, 6.45) is 5.34. The molecule has 0 saturated heterocycles. The Morgan fingerprint density at radius 3 is 2.83 bits per heavy atom. The van der Waals surface area contributed by atoms with E-state index in [1.165, 1.54) is 0 Å². The Hall–Kier alpha value is -2.52. The van der Waals surface area contributed by atoms with Gasteiger partial charge < -0.3 is 4.90 Å². The zero-order valence-electron chi connectivity index (χ0n) is 10.2. The highest BCUT2D eigenvalue weighted by Gasteiger charge is 2.12. The number of nitrogens with zero attached hydrogens (tertiary/aromatic N) is 3. The van der Waals surface area contributed by atoms with E-state index in [2.05, 4.69) is 17.0 Å². The summed E-state index contributed by atoms with van der Waals surface area (Å²) in [4.78, 5) is 6.47. The van der Waals surface area contributed by atoms with E-state index in [1.54, 1.807) is 0 Å². The van der Waals surface area contributed by atoms with Crippen LogP contribution >= 0.6 is 0 Å². The van der Waals surface area contributed by atoms with Gasteiger partial charge in [-0.05, 0) is 19.1 Å². The average Bonchev–Trinajstić information content (AvgIpc) is 2.43. The number of nitriles is 1. The summed E-state index contributed by atoms with van der Waals surface area (Å²) in [5, 5.41) is 10.2. The van der Waals surface area contributed by atoms with Gasteiger partial charge in [0, 0.05) is 11.9 Å². The fourth-order valence-electron chi connectivity index (χ4n) is 1.88. The molecule has 0 aliphatic carbocycles. The molecular weight excluding hydrogens is 222 g/mol. The molecular formula is C15H13N3. The van der Waals surface area contributed by atoms with Crippen LogP contribution in [0.4, 0.5) is 5.82 Å². The molecule has 3 nitrogen and oxygen atoms in total. The number of para-hydroxylation sites is 1. The molecule has 0 atom stereocenters. The summed E-state index contributed by atoms with van der Waals surface area (Å²) in [7, 11) is 0. The zero-order chi connectivity index (χ0) is 13.0. The van der Waals surface area contributed by atoms with E-state index in [4.69, 9.17) is 6.42 Å². The van der Waals surface area contributed by atoms with Crippen LogP contribution in [0.5, 0.6) is 0 Å². The maximum Gasteiger partial charge on any atom is 0.148 e. The Labute approximate surface area is 107 Å². The van der Waals surface area contributed by atoms with Gasteiger partial charge in [-0.25, -0.2) is 4.98 Å². The minimum Gasteiger partial charge on any atom is -0.345 e. The second-order valence-electron chi connectivity index (χ2n) is 3.88. The molecule has 18 heavy (non-hydrogen) atoms. The molecule has 0 bridgehead atoms. The van der Waals surface area contributed by atoms with Gasteiger partial charge in [-0.2, -0.15) is 5.26 Å². The third kappa shape index (κ3) is 2.12. The third-order valence-corrected chi connectivity index (χ3v) is 2.79. The van der Waals surface area contributed by atoms with E-state index in [1.807, 2.05) is 42.2 Å². The molecule has 1 aromatic heterocycles. The zero-order valence-corrected chi connectivity index (χ0v) is 10.2. The molecule has 2 aromatic rings. The van der Waals surface area contributed by atoms with Gasteiger partial charge in [0.05, 0.1) is 17.6 Å². The van der Waals surface area contributed by atoms with Crippen LogP contribution in [-0.2, 0) is 0 Å². The number of fused-ring (bicyclic) bond motifs is 1. The summed E-state index contributed by atoms with van der Waals surface area (Å²) in [6.45, 7) is 3.18. The molecule has 0 aliphatic rings. The Kier molecular flexibility index (Phi) is 3.46. The first-order chi connectivity index (χ1) is 8.80. The normalized spacial score (nSPS) is 9.72. The SMILES string of the molecule is C#CCN(CC)c1nc2ccccc2cc1C#N. The van der Waals surface area contributed by atoms with Crippen molar-refractivity contribution in [2.75, 3.05) is 18.0 Å².